The molecule has 0 bridgehead atoms. The number of ether oxygens (including phenoxy) is 3. The molecule has 0 aromatic heterocycles. The molecule has 1 unspecified atom stereocenters. The third-order valence-electron chi connectivity index (χ3n) is 4.69. The number of carbonyl (C=O) groups excluding carboxylic acids is 2. The van der Waals surface area contributed by atoms with Crippen LogP contribution in [-0.2, 0) is 9.53 Å². The predicted molar refractivity (Wildman–Crippen MR) is 106 cm³/mol. The lowest BCUT2D eigenvalue weighted by atomic mass is 9.94. The van der Waals surface area contributed by atoms with Crippen molar-refractivity contribution in [3.05, 3.63) is 35.0 Å². The van der Waals surface area contributed by atoms with Gasteiger partial charge < -0.3 is 24.8 Å². The molecule has 1 aromatic rings. The van der Waals surface area contributed by atoms with E-state index in [1.165, 1.54) is 20.0 Å². The minimum atomic E-state index is -0.622. The van der Waals surface area contributed by atoms with E-state index in [9.17, 15) is 9.59 Å². The van der Waals surface area contributed by atoms with Gasteiger partial charge >= 0.3 is 12.0 Å². The Bertz CT molecular complexity index is 730. The van der Waals surface area contributed by atoms with Gasteiger partial charge in [-0.05, 0) is 30.5 Å². The van der Waals surface area contributed by atoms with E-state index in [-0.39, 0.29) is 6.03 Å². The van der Waals surface area contributed by atoms with Crippen LogP contribution in [0, 0.1) is 0 Å². The van der Waals surface area contributed by atoms with Crippen LogP contribution in [0.4, 0.5) is 4.79 Å². The van der Waals surface area contributed by atoms with Crippen molar-refractivity contribution in [2.24, 2.45) is 0 Å². The number of rotatable bonds is 10. The minimum Gasteiger partial charge on any atom is -0.493 e. The van der Waals surface area contributed by atoms with Crippen LogP contribution in [0.5, 0.6) is 11.5 Å². The van der Waals surface area contributed by atoms with Gasteiger partial charge in [-0.2, -0.15) is 0 Å². The van der Waals surface area contributed by atoms with Crippen molar-refractivity contribution in [3.63, 3.8) is 0 Å². The average molecular weight is 390 g/mol. The van der Waals surface area contributed by atoms with Gasteiger partial charge in [0.25, 0.3) is 0 Å². The van der Waals surface area contributed by atoms with E-state index < -0.39 is 12.0 Å². The lowest BCUT2D eigenvalue weighted by Crippen LogP contribution is -2.45. The van der Waals surface area contributed by atoms with Crippen LogP contribution in [-0.4, -0.2) is 32.8 Å². The molecule has 0 radical (unpaired) electrons. The molecule has 154 valence electrons. The molecule has 0 saturated heterocycles. The van der Waals surface area contributed by atoms with Crippen LogP contribution >= 0.6 is 0 Å². The average Bonchev–Trinajstić information content (AvgIpc) is 2.72. The van der Waals surface area contributed by atoms with Crippen LogP contribution in [0.2, 0.25) is 0 Å². The van der Waals surface area contributed by atoms with Gasteiger partial charge in [-0.25, -0.2) is 9.59 Å². The first-order chi connectivity index (χ1) is 13.5. The van der Waals surface area contributed by atoms with Crippen molar-refractivity contribution in [1.29, 1.82) is 0 Å². The molecule has 0 fully saturated rings. The van der Waals surface area contributed by atoms with Gasteiger partial charge in [0.2, 0.25) is 0 Å². The van der Waals surface area contributed by atoms with E-state index in [1.807, 2.05) is 19.1 Å². The fraction of sp³-hybridized carbons (Fsp3) is 0.524. The predicted octanol–water partition coefficient (Wildman–Crippen LogP) is 3.85. The monoisotopic (exact) mass is 390 g/mol. The fourth-order valence-corrected chi connectivity index (χ4v) is 3.19. The Labute approximate surface area is 166 Å². The number of urea groups is 1. The third-order valence-corrected chi connectivity index (χ3v) is 4.69. The zero-order valence-electron chi connectivity index (χ0n) is 17.1. The van der Waals surface area contributed by atoms with Gasteiger partial charge in [0, 0.05) is 5.70 Å². The number of hydrogen-bond acceptors (Lipinski definition) is 5. The molecule has 1 aromatic carbocycles. The fourth-order valence-electron chi connectivity index (χ4n) is 3.19. The van der Waals surface area contributed by atoms with Crippen LogP contribution < -0.4 is 20.1 Å². The quantitative estimate of drug-likeness (QED) is 0.468. The van der Waals surface area contributed by atoms with Gasteiger partial charge in [0.1, 0.15) is 0 Å². The Kier molecular flexibility index (Phi) is 8.17. The number of hydrogen-bond donors (Lipinski definition) is 2. The smallest absolute Gasteiger partial charge is 0.337 e. The van der Waals surface area contributed by atoms with Crippen LogP contribution in [0.1, 0.15) is 57.6 Å². The van der Waals surface area contributed by atoms with E-state index in [4.69, 9.17) is 14.2 Å². The summed E-state index contributed by atoms with van der Waals surface area (Å²) < 4.78 is 16.2. The molecule has 1 aliphatic rings. The van der Waals surface area contributed by atoms with Crippen molar-refractivity contribution in [1.82, 2.24) is 10.6 Å². The molecule has 28 heavy (non-hydrogen) atoms. The van der Waals surface area contributed by atoms with Gasteiger partial charge in [-0.3, -0.25) is 0 Å². The molecular weight excluding hydrogens is 360 g/mol. The van der Waals surface area contributed by atoms with Crippen LogP contribution in [0.15, 0.2) is 29.5 Å². The molecule has 2 amide bonds. The standard InChI is InChI=1S/C21H30N2O5/c1-5-7-8-9-12-28-16-11-10-14(13-17(16)26-3)19-18(20(24)27-4)15(6-2)22-21(25)23-19/h10-11,13,19H,5-9,12H2,1-4H3,(H2,22,23,25). The summed E-state index contributed by atoms with van der Waals surface area (Å²) in [6.45, 7) is 4.66. The molecule has 1 aliphatic heterocycles. The second kappa shape index (κ2) is 10.6. The number of esters is 1. The Morgan fingerprint density at radius 3 is 2.54 bits per heavy atom. The lowest BCUT2D eigenvalue weighted by Gasteiger charge is -2.29. The van der Waals surface area contributed by atoms with Crippen LogP contribution in [0.3, 0.4) is 0 Å². The van der Waals surface area contributed by atoms with Gasteiger partial charge in [-0.15, -0.1) is 0 Å². The first kappa shape index (κ1) is 21.6. The van der Waals surface area contributed by atoms with E-state index >= 15 is 0 Å². The summed E-state index contributed by atoms with van der Waals surface area (Å²) in [7, 11) is 2.89. The molecule has 1 heterocycles. The zero-order chi connectivity index (χ0) is 20.5. The van der Waals surface area contributed by atoms with E-state index in [2.05, 4.69) is 17.6 Å². The number of nitrogens with one attached hydrogen (secondary N) is 2. The number of benzene rings is 1. The summed E-state index contributed by atoms with van der Waals surface area (Å²) in [5.74, 6) is 0.718. The summed E-state index contributed by atoms with van der Waals surface area (Å²) in [6, 6.07) is 4.45. The number of unbranched alkanes of at least 4 members (excludes halogenated alkanes) is 3. The first-order valence-corrected chi connectivity index (χ1v) is 9.75. The Balaban J connectivity index is 2.27. The van der Waals surface area contributed by atoms with E-state index in [1.54, 1.807) is 13.2 Å². The summed E-state index contributed by atoms with van der Waals surface area (Å²) in [6.07, 6.45) is 4.99. The second-order valence-corrected chi connectivity index (χ2v) is 6.59. The number of carbonyl (C=O) groups is 2. The maximum Gasteiger partial charge on any atom is 0.337 e. The molecular formula is C21H30N2O5. The molecule has 2 N–H and O–H groups in total. The lowest BCUT2D eigenvalue weighted by molar-refractivity contribution is -0.136. The van der Waals surface area contributed by atoms with E-state index in [0.29, 0.717) is 35.8 Å². The normalized spacial score (nSPS) is 16.3. The van der Waals surface area contributed by atoms with Crippen molar-refractivity contribution in [2.45, 2.75) is 52.0 Å². The second-order valence-electron chi connectivity index (χ2n) is 6.59. The zero-order valence-corrected chi connectivity index (χ0v) is 17.1. The maximum atomic E-state index is 12.3. The summed E-state index contributed by atoms with van der Waals surface area (Å²) >= 11 is 0. The molecule has 1 atom stereocenters. The Hall–Kier alpha value is -2.70. The van der Waals surface area contributed by atoms with Crippen molar-refractivity contribution in [3.8, 4) is 11.5 Å². The van der Waals surface area contributed by atoms with Crippen molar-refractivity contribution in [2.75, 3.05) is 20.8 Å². The molecule has 2 rings (SSSR count). The maximum absolute atomic E-state index is 12.3. The first-order valence-electron chi connectivity index (χ1n) is 9.75. The molecule has 0 aliphatic carbocycles. The highest BCUT2D eigenvalue weighted by atomic mass is 16.5. The molecule has 0 saturated carbocycles. The van der Waals surface area contributed by atoms with Gasteiger partial charge in [-0.1, -0.05) is 39.2 Å². The number of amides is 2. The summed E-state index contributed by atoms with van der Waals surface area (Å²) in [4.78, 5) is 24.4. The van der Waals surface area contributed by atoms with Crippen molar-refractivity contribution >= 4 is 12.0 Å². The Morgan fingerprint density at radius 1 is 1.11 bits per heavy atom. The van der Waals surface area contributed by atoms with E-state index in [0.717, 1.165) is 18.4 Å². The highest BCUT2D eigenvalue weighted by Crippen LogP contribution is 2.35. The topological polar surface area (TPSA) is 85.9 Å². The van der Waals surface area contributed by atoms with Gasteiger partial charge in [0.15, 0.2) is 11.5 Å². The third kappa shape index (κ3) is 5.18. The molecule has 0 spiro atoms. The largest absolute Gasteiger partial charge is 0.493 e. The molecule has 7 nitrogen and oxygen atoms in total. The SMILES string of the molecule is CCCCCCOc1ccc(C2NC(=O)NC(CC)=C2C(=O)OC)cc1OC. The van der Waals surface area contributed by atoms with Crippen LogP contribution in [0.25, 0.3) is 0 Å². The number of allylic oxidation sites excluding steroid dienone is 1. The van der Waals surface area contributed by atoms with Gasteiger partial charge in [0.05, 0.1) is 32.4 Å². The number of methoxy groups -OCH3 is 2. The summed E-state index contributed by atoms with van der Waals surface area (Å²) in [5, 5.41) is 5.48. The summed E-state index contributed by atoms with van der Waals surface area (Å²) in [5.41, 5.74) is 1.66. The van der Waals surface area contributed by atoms with Crippen molar-refractivity contribution < 1.29 is 23.8 Å². The highest BCUT2D eigenvalue weighted by Gasteiger charge is 2.33. The highest BCUT2D eigenvalue weighted by molar-refractivity contribution is 5.95. The molecule has 7 heteroatoms. The minimum absolute atomic E-state index is 0.357. The Morgan fingerprint density at radius 2 is 1.89 bits per heavy atom.